The normalized spacial score (nSPS) is 27.1. The van der Waals surface area contributed by atoms with Crippen molar-refractivity contribution in [1.29, 1.82) is 0 Å². The molecule has 1 atom stereocenters. The van der Waals surface area contributed by atoms with Crippen LogP contribution in [-0.4, -0.2) is 18.3 Å². The van der Waals surface area contributed by atoms with Crippen molar-refractivity contribution in [3.63, 3.8) is 0 Å². The molecule has 1 aliphatic heterocycles. The van der Waals surface area contributed by atoms with E-state index in [1.165, 1.54) is 6.26 Å². The summed E-state index contributed by atoms with van der Waals surface area (Å²) < 4.78 is 4.77. The maximum absolute atomic E-state index is 8.85. The lowest BCUT2D eigenvalue weighted by molar-refractivity contribution is 0.245. The van der Waals surface area contributed by atoms with Gasteiger partial charge in [0.15, 0.2) is 0 Å². The van der Waals surface area contributed by atoms with Gasteiger partial charge in [-0.25, -0.2) is 0 Å². The van der Waals surface area contributed by atoms with Gasteiger partial charge in [0.2, 0.25) is 0 Å². The fourth-order valence-electron chi connectivity index (χ4n) is 0.620. The standard InChI is InChI=1S/C5H9NO2/c6-1-4-2-8-3-5(4)7/h3-4,7H,1-2,6H2. The monoisotopic (exact) mass is 115 g/mol. The van der Waals surface area contributed by atoms with Gasteiger partial charge >= 0.3 is 0 Å². The fourth-order valence-corrected chi connectivity index (χ4v) is 0.620. The first kappa shape index (κ1) is 5.44. The SMILES string of the molecule is NCC1COC=C1O. The predicted octanol–water partition coefficient (Wildman–Crippen LogP) is -0.00910. The van der Waals surface area contributed by atoms with Crippen LogP contribution < -0.4 is 5.73 Å². The molecule has 0 saturated heterocycles. The molecule has 3 N–H and O–H groups in total. The second-order valence-electron chi connectivity index (χ2n) is 1.81. The van der Waals surface area contributed by atoms with Gasteiger partial charge in [-0.05, 0) is 0 Å². The molecule has 3 heteroatoms. The minimum atomic E-state index is 0.0370. The number of aliphatic hydroxyl groups excluding tert-OH is 1. The Morgan fingerprint density at radius 3 is 3.00 bits per heavy atom. The molecule has 0 fully saturated rings. The smallest absolute Gasteiger partial charge is 0.134 e. The summed E-state index contributed by atoms with van der Waals surface area (Å²) in [6.07, 6.45) is 1.34. The van der Waals surface area contributed by atoms with E-state index in [2.05, 4.69) is 0 Å². The molecule has 0 aromatic carbocycles. The van der Waals surface area contributed by atoms with Crippen molar-refractivity contribution in [2.75, 3.05) is 13.2 Å². The third-order valence-electron chi connectivity index (χ3n) is 1.20. The van der Waals surface area contributed by atoms with Gasteiger partial charge in [-0.3, -0.25) is 0 Å². The van der Waals surface area contributed by atoms with E-state index in [1.807, 2.05) is 0 Å². The maximum Gasteiger partial charge on any atom is 0.134 e. The van der Waals surface area contributed by atoms with Crippen molar-refractivity contribution in [3.05, 3.63) is 12.0 Å². The highest BCUT2D eigenvalue weighted by molar-refractivity contribution is 4.98. The first-order valence-corrected chi connectivity index (χ1v) is 2.55. The van der Waals surface area contributed by atoms with E-state index in [0.717, 1.165) is 0 Å². The van der Waals surface area contributed by atoms with Crippen LogP contribution in [0.1, 0.15) is 0 Å². The lowest BCUT2D eigenvalue weighted by Crippen LogP contribution is -2.16. The van der Waals surface area contributed by atoms with E-state index in [4.69, 9.17) is 15.6 Å². The van der Waals surface area contributed by atoms with Crippen LogP contribution in [0, 0.1) is 5.92 Å². The Balaban J connectivity index is 2.46. The van der Waals surface area contributed by atoms with Crippen molar-refractivity contribution >= 4 is 0 Å². The number of hydrogen-bond acceptors (Lipinski definition) is 3. The Kier molecular flexibility index (Phi) is 1.39. The Bertz CT molecular complexity index is 111. The largest absolute Gasteiger partial charge is 0.509 e. The molecule has 1 rings (SSSR count). The average molecular weight is 115 g/mol. The number of rotatable bonds is 1. The Labute approximate surface area is 47.8 Å². The van der Waals surface area contributed by atoms with Crippen LogP contribution in [0.15, 0.2) is 12.0 Å². The molecule has 1 heterocycles. The summed E-state index contributed by atoms with van der Waals surface area (Å²) >= 11 is 0. The molecule has 0 spiro atoms. The second-order valence-corrected chi connectivity index (χ2v) is 1.81. The first-order chi connectivity index (χ1) is 3.84. The summed E-state index contributed by atoms with van der Waals surface area (Å²) in [6.45, 7) is 0.991. The predicted molar refractivity (Wildman–Crippen MR) is 29.2 cm³/mol. The fraction of sp³-hybridized carbons (Fsp3) is 0.600. The number of hydrogen-bond donors (Lipinski definition) is 2. The molecule has 0 aliphatic carbocycles. The van der Waals surface area contributed by atoms with Crippen molar-refractivity contribution in [3.8, 4) is 0 Å². The highest BCUT2D eigenvalue weighted by Crippen LogP contribution is 2.13. The van der Waals surface area contributed by atoms with Crippen molar-refractivity contribution in [1.82, 2.24) is 0 Å². The van der Waals surface area contributed by atoms with Gasteiger partial charge in [-0.15, -0.1) is 0 Å². The zero-order valence-corrected chi connectivity index (χ0v) is 4.50. The molecule has 1 unspecified atom stereocenters. The molecule has 46 valence electrons. The minimum absolute atomic E-state index is 0.0370. The molecular formula is C5H9NO2. The highest BCUT2D eigenvalue weighted by Gasteiger charge is 2.17. The van der Waals surface area contributed by atoms with Crippen molar-refractivity contribution in [2.45, 2.75) is 0 Å². The van der Waals surface area contributed by atoms with E-state index < -0.39 is 0 Å². The number of ether oxygens (including phenoxy) is 1. The summed E-state index contributed by atoms with van der Waals surface area (Å²) in [4.78, 5) is 0. The quantitative estimate of drug-likeness (QED) is 0.505. The summed E-state index contributed by atoms with van der Waals surface area (Å²) in [6, 6.07) is 0. The lowest BCUT2D eigenvalue weighted by atomic mass is 10.1. The first-order valence-electron chi connectivity index (χ1n) is 2.55. The van der Waals surface area contributed by atoms with Gasteiger partial charge in [-0.2, -0.15) is 0 Å². The van der Waals surface area contributed by atoms with Crippen LogP contribution in [0.4, 0.5) is 0 Å². The van der Waals surface area contributed by atoms with E-state index >= 15 is 0 Å². The van der Waals surface area contributed by atoms with Gasteiger partial charge in [-0.1, -0.05) is 0 Å². The molecular weight excluding hydrogens is 106 g/mol. The van der Waals surface area contributed by atoms with E-state index in [0.29, 0.717) is 13.2 Å². The molecule has 0 radical (unpaired) electrons. The van der Waals surface area contributed by atoms with Crippen LogP contribution in [0.2, 0.25) is 0 Å². The van der Waals surface area contributed by atoms with Crippen molar-refractivity contribution < 1.29 is 9.84 Å². The summed E-state index contributed by atoms with van der Waals surface area (Å²) in [7, 11) is 0. The molecule has 0 saturated carbocycles. The summed E-state index contributed by atoms with van der Waals surface area (Å²) in [5.41, 5.74) is 5.24. The number of nitrogens with two attached hydrogens (primary N) is 1. The van der Waals surface area contributed by atoms with Crippen molar-refractivity contribution in [2.24, 2.45) is 11.7 Å². The molecule has 0 bridgehead atoms. The van der Waals surface area contributed by atoms with Crippen LogP contribution in [0.25, 0.3) is 0 Å². The maximum atomic E-state index is 8.85. The molecule has 1 aliphatic rings. The van der Waals surface area contributed by atoms with Gasteiger partial charge in [0.05, 0.1) is 12.5 Å². The highest BCUT2D eigenvalue weighted by atomic mass is 16.5. The second kappa shape index (κ2) is 2.05. The molecule has 0 aromatic heterocycles. The van der Waals surface area contributed by atoms with Gasteiger partial charge in [0, 0.05) is 6.54 Å². The average Bonchev–Trinajstić information content (AvgIpc) is 2.14. The lowest BCUT2D eigenvalue weighted by Gasteiger charge is -2.01. The van der Waals surface area contributed by atoms with Crippen LogP contribution >= 0.6 is 0 Å². The van der Waals surface area contributed by atoms with Crippen LogP contribution in [-0.2, 0) is 4.74 Å². The van der Waals surface area contributed by atoms with Gasteiger partial charge < -0.3 is 15.6 Å². The van der Waals surface area contributed by atoms with E-state index in [9.17, 15) is 0 Å². The minimum Gasteiger partial charge on any atom is -0.509 e. The van der Waals surface area contributed by atoms with Crippen LogP contribution in [0.3, 0.4) is 0 Å². The summed E-state index contributed by atoms with van der Waals surface area (Å²) in [5, 5.41) is 8.85. The topological polar surface area (TPSA) is 55.5 Å². The van der Waals surface area contributed by atoms with Gasteiger partial charge in [0.25, 0.3) is 0 Å². The molecule has 3 nitrogen and oxygen atoms in total. The zero-order chi connectivity index (χ0) is 5.98. The zero-order valence-electron chi connectivity index (χ0n) is 4.50. The van der Waals surface area contributed by atoms with Crippen LogP contribution in [0.5, 0.6) is 0 Å². The Morgan fingerprint density at radius 2 is 2.75 bits per heavy atom. The summed E-state index contributed by atoms with van der Waals surface area (Å²) in [5.74, 6) is 0.308. The molecule has 8 heavy (non-hydrogen) atoms. The Morgan fingerprint density at radius 1 is 2.00 bits per heavy atom. The van der Waals surface area contributed by atoms with E-state index in [-0.39, 0.29) is 11.7 Å². The van der Waals surface area contributed by atoms with Gasteiger partial charge in [0.1, 0.15) is 12.0 Å². The third-order valence-corrected chi connectivity index (χ3v) is 1.20. The Hall–Kier alpha value is -0.700. The molecule has 0 aromatic rings. The number of aliphatic hydroxyl groups is 1. The third kappa shape index (κ3) is 0.767. The van der Waals surface area contributed by atoms with E-state index in [1.54, 1.807) is 0 Å². The molecule has 0 amide bonds.